The molecule has 0 saturated heterocycles. The Bertz CT molecular complexity index is 609. The normalized spacial score (nSPS) is 15.3. The van der Waals surface area contributed by atoms with Gasteiger partial charge in [-0.3, -0.25) is 15.1 Å². The van der Waals surface area contributed by atoms with E-state index in [-0.39, 0.29) is 5.76 Å². The zero-order chi connectivity index (χ0) is 14.7. The van der Waals surface area contributed by atoms with Crippen LogP contribution in [0, 0.1) is 0 Å². The number of amides is 1. The van der Waals surface area contributed by atoms with Crippen molar-refractivity contribution in [3.05, 3.63) is 59.0 Å². The molecule has 21 heavy (non-hydrogen) atoms. The van der Waals surface area contributed by atoms with E-state index < -0.39 is 5.91 Å². The van der Waals surface area contributed by atoms with Crippen molar-refractivity contribution in [2.45, 2.75) is 19.4 Å². The lowest BCUT2D eigenvalue weighted by atomic mass is 10.0. The van der Waals surface area contributed by atoms with E-state index in [1.807, 2.05) is 6.07 Å². The number of nitrogen functional groups attached to an aromatic ring is 1. The van der Waals surface area contributed by atoms with Crippen molar-refractivity contribution in [1.29, 1.82) is 0 Å². The third kappa shape index (κ3) is 3.15. The maximum Gasteiger partial charge on any atom is 0.300 e. The van der Waals surface area contributed by atoms with Gasteiger partial charge in [0.05, 0.1) is 6.54 Å². The van der Waals surface area contributed by atoms with Crippen LogP contribution in [0.1, 0.15) is 27.4 Å². The van der Waals surface area contributed by atoms with Crippen molar-refractivity contribution in [3.8, 4) is 0 Å². The zero-order valence-electron chi connectivity index (χ0n) is 11.8. The topological polar surface area (TPSA) is 71.5 Å². The predicted molar refractivity (Wildman–Crippen MR) is 79.5 cm³/mol. The standard InChI is InChI=1S/C16H19N3O2/c17-18-16(20)15-6-5-14(21-15)11-19-9-7-12-3-1-2-4-13(12)8-10-19/h1-6H,7-11,17H2,(H,18,20). The molecule has 0 fully saturated rings. The van der Waals surface area contributed by atoms with Gasteiger partial charge in [-0.1, -0.05) is 24.3 Å². The molecule has 3 N–H and O–H groups in total. The minimum absolute atomic E-state index is 0.255. The molecule has 3 rings (SSSR count). The number of rotatable bonds is 3. The SMILES string of the molecule is NNC(=O)c1ccc(CN2CCc3ccccc3CC2)o1. The van der Waals surface area contributed by atoms with Gasteiger partial charge >= 0.3 is 5.91 Å². The number of carbonyl (C=O) groups excluding carboxylic acids is 1. The van der Waals surface area contributed by atoms with Crippen LogP contribution in [-0.4, -0.2) is 23.9 Å². The molecule has 0 bridgehead atoms. The Morgan fingerprint density at radius 2 is 1.81 bits per heavy atom. The minimum atomic E-state index is -0.399. The number of hydrazine groups is 1. The summed E-state index contributed by atoms with van der Waals surface area (Å²) >= 11 is 0. The Morgan fingerprint density at radius 1 is 1.14 bits per heavy atom. The number of benzene rings is 1. The summed E-state index contributed by atoms with van der Waals surface area (Å²) in [7, 11) is 0. The molecule has 5 nitrogen and oxygen atoms in total. The molecule has 0 radical (unpaired) electrons. The smallest absolute Gasteiger partial charge is 0.300 e. The van der Waals surface area contributed by atoms with Gasteiger partial charge in [0.25, 0.3) is 0 Å². The van der Waals surface area contributed by atoms with Crippen LogP contribution in [0.5, 0.6) is 0 Å². The Balaban J connectivity index is 1.64. The van der Waals surface area contributed by atoms with Crippen LogP contribution >= 0.6 is 0 Å². The highest BCUT2D eigenvalue weighted by atomic mass is 16.4. The fourth-order valence-electron chi connectivity index (χ4n) is 2.75. The Hall–Kier alpha value is -2.11. The molecule has 1 aliphatic rings. The fraction of sp³-hybridized carbons (Fsp3) is 0.312. The van der Waals surface area contributed by atoms with E-state index in [0.29, 0.717) is 6.54 Å². The molecule has 1 amide bonds. The Labute approximate surface area is 123 Å². The summed E-state index contributed by atoms with van der Waals surface area (Å²) in [6, 6.07) is 12.1. The van der Waals surface area contributed by atoms with Gasteiger partial charge in [-0.15, -0.1) is 0 Å². The first-order chi connectivity index (χ1) is 10.3. The Kier molecular flexibility index (Phi) is 4.03. The van der Waals surface area contributed by atoms with Gasteiger partial charge in [-0.05, 0) is 36.1 Å². The number of fused-ring (bicyclic) bond motifs is 1. The zero-order valence-corrected chi connectivity index (χ0v) is 11.8. The molecule has 0 atom stereocenters. The highest BCUT2D eigenvalue weighted by Gasteiger charge is 2.16. The molecule has 0 aliphatic carbocycles. The van der Waals surface area contributed by atoms with E-state index in [4.69, 9.17) is 10.3 Å². The number of nitrogens with zero attached hydrogens (tertiary/aromatic N) is 1. The van der Waals surface area contributed by atoms with Crippen LogP contribution in [0.3, 0.4) is 0 Å². The summed E-state index contributed by atoms with van der Waals surface area (Å²) in [4.78, 5) is 13.7. The second-order valence-corrected chi connectivity index (χ2v) is 5.28. The molecule has 1 aliphatic heterocycles. The largest absolute Gasteiger partial charge is 0.455 e. The van der Waals surface area contributed by atoms with Crippen molar-refractivity contribution >= 4 is 5.91 Å². The van der Waals surface area contributed by atoms with Gasteiger partial charge in [0, 0.05) is 13.1 Å². The van der Waals surface area contributed by atoms with Crippen molar-refractivity contribution in [2.75, 3.05) is 13.1 Å². The molecule has 0 unspecified atom stereocenters. The van der Waals surface area contributed by atoms with Gasteiger partial charge in [-0.2, -0.15) is 0 Å². The summed E-state index contributed by atoms with van der Waals surface area (Å²) < 4.78 is 5.52. The fourth-order valence-corrected chi connectivity index (χ4v) is 2.75. The third-order valence-corrected chi connectivity index (χ3v) is 3.91. The lowest BCUT2D eigenvalue weighted by molar-refractivity contribution is 0.0922. The van der Waals surface area contributed by atoms with Gasteiger partial charge in [-0.25, -0.2) is 5.84 Å². The third-order valence-electron chi connectivity index (χ3n) is 3.91. The summed E-state index contributed by atoms with van der Waals surface area (Å²) in [5.41, 5.74) is 4.94. The van der Waals surface area contributed by atoms with Crippen LogP contribution in [-0.2, 0) is 19.4 Å². The first-order valence-corrected chi connectivity index (χ1v) is 7.15. The van der Waals surface area contributed by atoms with Crippen LogP contribution in [0.4, 0.5) is 0 Å². The summed E-state index contributed by atoms with van der Waals surface area (Å²) in [6.45, 7) is 2.71. The van der Waals surface area contributed by atoms with Crippen LogP contribution < -0.4 is 11.3 Å². The minimum Gasteiger partial charge on any atom is -0.455 e. The first kappa shape index (κ1) is 13.9. The average molecular weight is 285 g/mol. The molecule has 110 valence electrons. The molecular formula is C16H19N3O2. The van der Waals surface area contributed by atoms with E-state index in [1.165, 1.54) is 11.1 Å². The number of hydrogen-bond acceptors (Lipinski definition) is 4. The summed E-state index contributed by atoms with van der Waals surface area (Å²) in [5, 5.41) is 0. The number of nitrogens with two attached hydrogens (primary N) is 1. The van der Waals surface area contributed by atoms with Gasteiger partial charge in [0.1, 0.15) is 5.76 Å². The summed E-state index contributed by atoms with van der Waals surface area (Å²) in [5.74, 6) is 5.74. The average Bonchev–Trinajstić information content (AvgIpc) is 2.88. The van der Waals surface area contributed by atoms with Crippen LogP contribution in [0.25, 0.3) is 0 Å². The molecule has 1 aromatic carbocycles. The van der Waals surface area contributed by atoms with E-state index in [2.05, 4.69) is 34.6 Å². The van der Waals surface area contributed by atoms with Crippen molar-refractivity contribution in [2.24, 2.45) is 5.84 Å². The maximum atomic E-state index is 11.4. The second kappa shape index (κ2) is 6.11. The maximum absolute atomic E-state index is 11.4. The predicted octanol–water partition coefficient (Wildman–Crippen LogP) is 1.48. The molecule has 1 aromatic heterocycles. The molecule has 0 saturated carbocycles. The molecule has 2 aromatic rings. The van der Waals surface area contributed by atoms with Crippen LogP contribution in [0.15, 0.2) is 40.8 Å². The van der Waals surface area contributed by atoms with Crippen LogP contribution in [0.2, 0.25) is 0 Å². The number of hydrogen-bond donors (Lipinski definition) is 2. The first-order valence-electron chi connectivity index (χ1n) is 7.15. The van der Waals surface area contributed by atoms with E-state index in [1.54, 1.807) is 6.07 Å². The lowest BCUT2D eigenvalue weighted by Gasteiger charge is -2.17. The number of nitrogens with one attached hydrogen (secondary N) is 1. The lowest BCUT2D eigenvalue weighted by Crippen LogP contribution is -2.29. The van der Waals surface area contributed by atoms with Crippen molar-refractivity contribution in [3.63, 3.8) is 0 Å². The second-order valence-electron chi connectivity index (χ2n) is 5.28. The summed E-state index contributed by atoms with van der Waals surface area (Å²) in [6.07, 6.45) is 2.10. The van der Waals surface area contributed by atoms with Gasteiger partial charge < -0.3 is 4.42 Å². The molecular weight excluding hydrogens is 266 g/mol. The highest BCUT2D eigenvalue weighted by molar-refractivity contribution is 5.90. The van der Waals surface area contributed by atoms with Gasteiger partial charge in [0.15, 0.2) is 5.76 Å². The Morgan fingerprint density at radius 3 is 2.43 bits per heavy atom. The molecule has 2 heterocycles. The van der Waals surface area contributed by atoms with E-state index in [9.17, 15) is 4.79 Å². The quantitative estimate of drug-likeness (QED) is 0.509. The number of furan rings is 1. The van der Waals surface area contributed by atoms with E-state index >= 15 is 0 Å². The highest BCUT2D eigenvalue weighted by Crippen LogP contribution is 2.18. The molecule has 5 heteroatoms. The van der Waals surface area contributed by atoms with Gasteiger partial charge in [0.2, 0.25) is 0 Å². The van der Waals surface area contributed by atoms with Crippen molar-refractivity contribution in [1.82, 2.24) is 10.3 Å². The van der Waals surface area contributed by atoms with E-state index in [0.717, 1.165) is 31.7 Å². The number of carbonyl (C=O) groups is 1. The molecule has 0 spiro atoms. The van der Waals surface area contributed by atoms with Crippen molar-refractivity contribution < 1.29 is 9.21 Å². The monoisotopic (exact) mass is 285 g/mol.